The Morgan fingerprint density at radius 3 is 2.68 bits per heavy atom. The number of para-hydroxylation sites is 1. The van der Waals surface area contributed by atoms with Gasteiger partial charge in [0.2, 0.25) is 0 Å². The van der Waals surface area contributed by atoms with Gasteiger partial charge in [0.1, 0.15) is 12.4 Å². The normalized spacial score (nSPS) is 10.2. The molecule has 0 N–H and O–H groups in total. The molecule has 0 aliphatic carbocycles. The SMILES string of the molecule is COc1nc(C)cc(=O)n1CCOc1ccccc1. The molecule has 0 bridgehead atoms. The Balaban J connectivity index is 2.06. The average molecular weight is 260 g/mol. The summed E-state index contributed by atoms with van der Waals surface area (Å²) < 4.78 is 12.1. The summed E-state index contributed by atoms with van der Waals surface area (Å²) in [5.41, 5.74) is 0.503. The van der Waals surface area contributed by atoms with Gasteiger partial charge in [0.15, 0.2) is 0 Å². The highest BCUT2D eigenvalue weighted by molar-refractivity contribution is 5.20. The predicted octanol–water partition coefficient (Wildman–Crippen LogP) is 1.64. The highest BCUT2D eigenvalue weighted by Crippen LogP contribution is 2.09. The lowest BCUT2D eigenvalue weighted by Gasteiger charge is -2.11. The van der Waals surface area contributed by atoms with Crippen LogP contribution in [0.2, 0.25) is 0 Å². The number of aromatic nitrogens is 2. The smallest absolute Gasteiger partial charge is 0.299 e. The zero-order chi connectivity index (χ0) is 13.7. The quantitative estimate of drug-likeness (QED) is 0.820. The molecule has 19 heavy (non-hydrogen) atoms. The molecular weight excluding hydrogens is 244 g/mol. The van der Waals surface area contributed by atoms with Crippen LogP contribution in [0.15, 0.2) is 41.2 Å². The number of hydrogen-bond donors (Lipinski definition) is 0. The van der Waals surface area contributed by atoms with Gasteiger partial charge in [-0.25, -0.2) is 4.98 Å². The Hall–Kier alpha value is -2.30. The van der Waals surface area contributed by atoms with Crippen molar-refractivity contribution in [3.8, 4) is 11.8 Å². The molecule has 1 aromatic carbocycles. The molecule has 2 aromatic rings. The molecule has 0 atom stereocenters. The lowest BCUT2D eigenvalue weighted by molar-refractivity contribution is 0.274. The number of ether oxygens (including phenoxy) is 2. The number of hydrogen-bond acceptors (Lipinski definition) is 4. The molecule has 1 aromatic heterocycles. The first-order valence-electron chi connectivity index (χ1n) is 6.01. The van der Waals surface area contributed by atoms with Crippen LogP contribution in [-0.2, 0) is 6.54 Å². The Bertz CT molecular complexity index is 593. The number of aryl methyl sites for hydroxylation is 1. The first kappa shape index (κ1) is 13.1. The minimum atomic E-state index is -0.138. The van der Waals surface area contributed by atoms with Crippen LogP contribution < -0.4 is 15.0 Å². The van der Waals surface area contributed by atoms with E-state index in [9.17, 15) is 4.79 Å². The maximum atomic E-state index is 11.8. The molecule has 1 heterocycles. The summed E-state index contributed by atoms with van der Waals surface area (Å²) >= 11 is 0. The van der Waals surface area contributed by atoms with Crippen LogP contribution in [0.25, 0.3) is 0 Å². The number of rotatable bonds is 5. The van der Waals surface area contributed by atoms with Gasteiger partial charge in [-0.15, -0.1) is 0 Å². The molecule has 0 aliphatic rings. The van der Waals surface area contributed by atoms with Crippen LogP contribution in [-0.4, -0.2) is 23.3 Å². The van der Waals surface area contributed by atoms with Crippen LogP contribution in [0.4, 0.5) is 0 Å². The topological polar surface area (TPSA) is 53.3 Å². The van der Waals surface area contributed by atoms with Crippen molar-refractivity contribution in [1.82, 2.24) is 9.55 Å². The molecule has 5 heteroatoms. The molecule has 0 saturated carbocycles. The van der Waals surface area contributed by atoms with E-state index in [0.29, 0.717) is 24.9 Å². The first-order valence-corrected chi connectivity index (χ1v) is 6.01. The zero-order valence-corrected chi connectivity index (χ0v) is 11.0. The molecule has 0 spiro atoms. The van der Waals surface area contributed by atoms with Gasteiger partial charge in [-0.05, 0) is 19.1 Å². The fourth-order valence-corrected chi connectivity index (χ4v) is 1.73. The van der Waals surface area contributed by atoms with Gasteiger partial charge >= 0.3 is 0 Å². The van der Waals surface area contributed by atoms with E-state index in [1.54, 1.807) is 6.92 Å². The lowest BCUT2D eigenvalue weighted by atomic mass is 10.3. The molecule has 0 aliphatic heterocycles. The standard InChI is InChI=1S/C14H16N2O3/c1-11-10-13(17)16(14(15-11)18-2)8-9-19-12-6-4-3-5-7-12/h3-7,10H,8-9H2,1-2H3. The lowest BCUT2D eigenvalue weighted by Crippen LogP contribution is -2.25. The molecule has 0 radical (unpaired) electrons. The van der Waals surface area contributed by atoms with Crippen molar-refractivity contribution < 1.29 is 9.47 Å². The summed E-state index contributed by atoms with van der Waals surface area (Å²) in [6.45, 7) is 2.53. The van der Waals surface area contributed by atoms with Crippen LogP contribution in [0.1, 0.15) is 5.69 Å². The molecule has 2 rings (SSSR count). The number of nitrogens with zero attached hydrogens (tertiary/aromatic N) is 2. The van der Waals surface area contributed by atoms with Gasteiger partial charge in [0, 0.05) is 11.8 Å². The summed E-state index contributed by atoms with van der Waals surface area (Å²) in [5.74, 6) is 0.773. The Labute approximate surface area is 111 Å². The van der Waals surface area contributed by atoms with E-state index < -0.39 is 0 Å². The molecule has 5 nitrogen and oxygen atoms in total. The third-order valence-electron chi connectivity index (χ3n) is 2.61. The van der Waals surface area contributed by atoms with Gasteiger partial charge in [-0.2, -0.15) is 0 Å². The van der Waals surface area contributed by atoms with E-state index in [1.165, 1.54) is 17.7 Å². The van der Waals surface area contributed by atoms with Crippen LogP contribution in [0.3, 0.4) is 0 Å². The van der Waals surface area contributed by atoms with Gasteiger partial charge in [-0.1, -0.05) is 18.2 Å². The number of methoxy groups -OCH3 is 1. The summed E-state index contributed by atoms with van der Waals surface area (Å²) in [4.78, 5) is 16.0. The van der Waals surface area contributed by atoms with Gasteiger partial charge < -0.3 is 9.47 Å². The summed E-state index contributed by atoms with van der Waals surface area (Å²) in [7, 11) is 1.50. The Morgan fingerprint density at radius 2 is 2.00 bits per heavy atom. The summed E-state index contributed by atoms with van der Waals surface area (Å²) in [6.07, 6.45) is 0. The van der Waals surface area contributed by atoms with Crippen molar-refractivity contribution >= 4 is 0 Å². The van der Waals surface area contributed by atoms with Crippen molar-refractivity contribution in [1.29, 1.82) is 0 Å². The molecule has 0 unspecified atom stereocenters. The van der Waals surface area contributed by atoms with E-state index in [0.717, 1.165) is 5.75 Å². The molecule has 0 amide bonds. The second-order valence-corrected chi connectivity index (χ2v) is 4.04. The van der Waals surface area contributed by atoms with Crippen LogP contribution in [0.5, 0.6) is 11.8 Å². The largest absolute Gasteiger partial charge is 0.492 e. The van der Waals surface area contributed by atoms with Crippen molar-refractivity contribution in [2.45, 2.75) is 13.5 Å². The molecule has 0 fully saturated rings. The third-order valence-corrected chi connectivity index (χ3v) is 2.61. The fraction of sp³-hybridized carbons (Fsp3) is 0.286. The highest BCUT2D eigenvalue weighted by Gasteiger charge is 2.07. The van der Waals surface area contributed by atoms with Crippen LogP contribution >= 0.6 is 0 Å². The molecule has 100 valence electrons. The van der Waals surface area contributed by atoms with E-state index in [-0.39, 0.29) is 5.56 Å². The summed E-state index contributed by atoms with van der Waals surface area (Å²) in [6, 6.07) is 11.2. The Morgan fingerprint density at radius 1 is 1.26 bits per heavy atom. The highest BCUT2D eigenvalue weighted by atomic mass is 16.5. The summed E-state index contributed by atoms with van der Waals surface area (Å²) in [5, 5.41) is 0. The third kappa shape index (κ3) is 3.34. The van der Waals surface area contributed by atoms with E-state index >= 15 is 0 Å². The van der Waals surface area contributed by atoms with Crippen molar-refractivity contribution in [3.05, 3.63) is 52.4 Å². The maximum absolute atomic E-state index is 11.8. The maximum Gasteiger partial charge on any atom is 0.299 e. The fourth-order valence-electron chi connectivity index (χ4n) is 1.73. The monoisotopic (exact) mass is 260 g/mol. The minimum absolute atomic E-state index is 0.138. The van der Waals surface area contributed by atoms with Crippen LogP contribution in [0, 0.1) is 6.92 Å². The predicted molar refractivity (Wildman–Crippen MR) is 71.7 cm³/mol. The minimum Gasteiger partial charge on any atom is -0.492 e. The molecule has 0 saturated heterocycles. The number of benzene rings is 1. The van der Waals surface area contributed by atoms with Crippen molar-refractivity contribution in [2.75, 3.05) is 13.7 Å². The van der Waals surface area contributed by atoms with Crippen molar-refractivity contribution in [3.63, 3.8) is 0 Å². The average Bonchev–Trinajstić information content (AvgIpc) is 2.42. The zero-order valence-electron chi connectivity index (χ0n) is 11.0. The van der Waals surface area contributed by atoms with Gasteiger partial charge in [0.25, 0.3) is 11.6 Å². The van der Waals surface area contributed by atoms with E-state index in [1.807, 2.05) is 30.3 Å². The Kier molecular flexibility index (Phi) is 4.18. The second-order valence-electron chi connectivity index (χ2n) is 4.04. The van der Waals surface area contributed by atoms with Crippen molar-refractivity contribution in [2.24, 2.45) is 0 Å². The second kappa shape index (κ2) is 6.04. The van der Waals surface area contributed by atoms with Gasteiger partial charge in [0.05, 0.1) is 13.7 Å². The first-order chi connectivity index (χ1) is 9.20. The van der Waals surface area contributed by atoms with E-state index in [2.05, 4.69) is 4.98 Å². The van der Waals surface area contributed by atoms with Gasteiger partial charge in [-0.3, -0.25) is 9.36 Å². The molecular formula is C14H16N2O3. The van der Waals surface area contributed by atoms with E-state index in [4.69, 9.17) is 9.47 Å².